The zero-order chi connectivity index (χ0) is 18.5. The normalized spacial score (nSPS) is 22.9. The van der Waals surface area contributed by atoms with Gasteiger partial charge in [0.1, 0.15) is 5.82 Å². The lowest BCUT2D eigenvalue weighted by molar-refractivity contribution is -0.134. The number of carbonyl (C=O) groups excluding carboxylic acids is 2. The molecule has 2 fully saturated rings. The Kier molecular flexibility index (Phi) is 6.21. The molecule has 0 aromatic heterocycles. The number of benzene rings is 1. The number of rotatable bonds is 7. The second kappa shape index (κ2) is 8.60. The van der Waals surface area contributed by atoms with Crippen LogP contribution in [0.5, 0.6) is 0 Å². The first-order valence-corrected chi connectivity index (χ1v) is 9.10. The highest BCUT2D eigenvalue weighted by Crippen LogP contribution is 2.48. The lowest BCUT2D eigenvalue weighted by Gasteiger charge is -2.34. The largest absolute Gasteiger partial charge is 0.383 e. The lowest BCUT2D eigenvalue weighted by Crippen LogP contribution is -2.51. The van der Waals surface area contributed by atoms with Crippen LogP contribution in [0.3, 0.4) is 0 Å². The highest BCUT2D eigenvalue weighted by atomic mass is 19.1. The van der Waals surface area contributed by atoms with Crippen molar-refractivity contribution in [3.8, 4) is 0 Å². The van der Waals surface area contributed by atoms with E-state index in [0.717, 1.165) is 12.0 Å². The monoisotopic (exact) mass is 363 g/mol. The molecule has 1 heterocycles. The molecule has 1 aromatic carbocycles. The molecular weight excluding hydrogens is 337 g/mol. The van der Waals surface area contributed by atoms with E-state index in [1.54, 1.807) is 13.2 Å². The smallest absolute Gasteiger partial charge is 0.234 e. The fourth-order valence-corrected chi connectivity index (χ4v) is 3.49. The number of amides is 2. The second-order valence-electron chi connectivity index (χ2n) is 6.95. The fourth-order valence-electron chi connectivity index (χ4n) is 3.49. The zero-order valence-electron chi connectivity index (χ0n) is 15.1. The number of nitrogens with zero attached hydrogens (tertiary/aromatic N) is 2. The zero-order valence-corrected chi connectivity index (χ0v) is 15.1. The number of ether oxygens (including phenoxy) is 1. The molecule has 6 nitrogen and oxygen atoms in total. The van der Waals surface area contributed by atoms with Gasteiger partial charge < -0.3 is 15.0 Å². The van der Waals surface area contributed by atoms with Crippen LogP contribution < -0.4 is 5.32 Å². The Morgan fingerprint density at radius 1 is 1.27 bits per heavy atom. The van der Waals surface area contributed by atoms with Gasteiger partial charge in [0.05, 0.1) is 13.2 Å². The van der Waals surface area contributed by atoms with Crippen molar-refractivity contribution in [2.24, 2.45) is 5.92 Å². The van der Waals surface area contributed by atoms with Crippen LogP contribution in [0.4, 0.5) is 4.39 Å². The summed E-state index contributed by atoms with van der Waals surface area (Å²) in [4.78, 5) is 28.4. The van der Waals surface area contributed by atoms with Gasteiger partial charge in [0.25, 0.3) is 0 Å². The summed E-state index contributed by atoms with van der Waals surface area (Å²) in [6.07, 6.45) is 0.796. The number of methoxy groups -OCH3 is 1. The van der Waals surface area contributed by atoms with Crippen molar-refractivity contribution in [2.45, 2.75) is 12.3 Å². The topological polar surface area (TPSA) is 61.9 Å². The molecule has 2 atom stereocenters. The molecule has 0 radical (unpaired) electrons. The lowest BCUT2D eigenvalue weighted by atomic mass is 10.1. The van der Waals surface area contributed by atoms with Crippen molar-refractivity contribution >= 4 is 11.8 Å². The summed E-state index contributed by atoms with van der Waals surface area (Å²) in [5.74, 6) is 0.000110. The van der Waals surface area contributed by atoms with Gasteiger partial charge in [0.2, 0.25) is 11.8 Å². The van der Waals surface area contributed by atoms with Gasteiger partial charge in [0.15, 0.2) is 0 Å². The number of carbonyl (C=O) groups is 2. The summed E-state index contributed by atoms with van der Waals surface area (Å²) in [6, 6.07) is 6.54. The molecule has 26 heavy (non-hydrogen) atoms. The predicted octanol–water partition coefficient (Wildman–Crippen LogP) is 0.836. The van der Waals surface area contributed by atoms with Crippen LogP contribution in [-0.2, 0) is 14.3 Å². The third-order valence-electron chi connectivity index (χ3n) is 5.06. The minimum atomic E-state index is -0.252. The first kappa shape index (κ1) is 18.8. The van der Waals surface area contributed by atoms with E-state index in [4.69, 9.17) is 4.74 Å². The van der Waals surface area contributed by atoms with Crippen molar-refractivity contribution < 1.29 is 18.7 Å². The molecule has 0 bridgehead atoms. The molecule has 1 saturated carbocycles. The summed E-state index contributed by atoms with van der Waals surface area (Å²) in [5.41, 5.74) is 0.912. The van der Waals surface area contributed by atoms with Crippen molar-refractivity contribution in [3.05, 3.63) is 35.6 Å². The van der Waals surface area contributed by atoms with Gasteiger partial charge in [-0.2, -0.15) is 0 Å². The number of hydrogen-bond donors (Lipinski definition) is 1. The number of hydrogen-bond acceptors (Lipinski definition) is 4. The molecule has 1 N–H and O–H groups in total. The van der Waals surface area contributed by atoms with Crippen LogP contribution >= 0.6 is 0 Å². The molecule has 3 rings (SSSR count). The van der Waals surface area contributed by atoms with E-state index >= 15 is 0 Å². The maximum Gasteiger partial charge on any atom is 0.234 e. The minimum absolute atomic E-state index is 0.0183. The van der Waals surface area contributed by atoms with E-state index in [0.29, 0.717) is 45.9 Å². The van der Waals surface area contributed by atoms with Gasteiger partial charge in [-0.3, -0.25) is 14.5 Å². The van der Waals surface area contributed by atoms with Gasteiger partial charge in [-0.15, -0.1) is 0 Å². The molecule has 1 aliphatic heterocycles. The Balaban J connectivity index is 1.41. The van der Waals surface area contributed by atoms with Crippen LogP contribution in [0.2, 0.25) is 0 Å². The Labute approximate surface area is 153 Å². The average Bonchev–Trinajstić information content (AvgIpc) is 3.43. The van der Waals surface area contributed by atoms with Crippen LogP contribution in [0.25, 0.3) is 0 Å². The summed E-state index contributed by atoms with van der Waals surface area (Å²) in [5, 5.41) is 2.80. The van der Waals surface area contributed by atoms with Crippen molar-refractivity contribution in [1.82, 2.24) is 15.1 Å². The Morgan fingerprint density at radius 2 is 2.04 bits per heavy atom. The molecule has 1 saturated heterocycles. The average molecular weight is 363 g/mol. The molecule has 1 aliphatic carbocycles. The maximum absolute atomic E-state index is 13.3. The molecule has 2 aliphatic rings. The highest BCUT2D eigenvalue weighted by molar-refractivity contribution is 5.83. The highest BCUT2D eigenvalue weighted by Gasteiger charge is 2.46. The number of halogens is 1. The molecule has 7 heteroatoms. The van der Waals surface area contributed by atoms with Gasteiger partial charge in [-0.25, -0.2) is 4.39 Å². The Morgan fingerprint density at radius 3 is 2.73 bits per heavy atom. The van der Waals surface area contributed by atoms with Crippen LogP contribution in [0, 0.1) is 11.7 Å². The number of piperazine rings is 1. The SMILES string of the molecule is COCCNC(=O)CN1CCN(C(=O)C2CC2c2cccc(F)c2)CC1. The Bertz CT molecular complexity index is 647. The third kappa shape index (κ3) is 4.80. The first-order valence-electron chi connectivity index (χ1n) is 9.10. The van der Waals surface area contributed by atoms with E-state index in [1.807, 2.05) is 11.0 Å². The summed E-state index contributed by atoms with van der Waals surface area (Å²) in [6.45, 7) is 4.02. The molecule has 142 valence electrons. The summed E-state index contributed by atoms with van der Waals surface area (Å²) >= 11 is 0. The minimum Gasteiger partial charge on any atom is -0.383 e. The van der Waals surface area contributed by atoms with Crippen molar-refractivity contribution in [2.75, 3.05) is 53.0 Å². The quantitative estimate of drug-likeness (QED) is 0.729. The van der Waals surface area contributed by atoms with Gasteiger partial charge in [0, 0.05) is 45.8 Å². The Hall–Kier alpha value is -1.99. The van der Waals surface area contributed by atoms with Crippen LogP contribution in [0.1, 0.15) is 17.9 Å². The van der Waals surface area contributed by atoms with Gasteiger partial charge >= 0.3 is 0 Å². The van der Waals surface area contributed by atoms with E-state index in [2.05, 4.69) is 10.2 Å². The molecule has 2 amide bonds. The summed E-state index contributed by atoms with van der Waals surface area (Å²) < 4.78 is 18.2. The van der Waals surface area contributed by atoms with Gasteiger partial charge in [-0.1, -0.05) is 12.1 Å². The maximum atomic E-state index is 13.3. The fraction of sp³-hybridized carbons (Fsp3) is 0.579. The van der Waals surface area contributed by atoms with Crippen LogP contribution in [0.15, 0.2) is 24.3 Å². The van der Waals surface area contributed by atoms with Gasteiger partial charge in [-0.05, 0) is 30.0 Å². The number of nitrogens with one attached hydrogen (secondary N) is 1. The summed E-state index contributed by atoms with van der Waals surface area (Å²) in [7, 11) is 1.60. The molecule has 1 aromatic rings. The predicted molar refractivity (Wildman–Crippen MR) is 95.2 cm³/mol. The van der Waals surface area contributed by atoms with Crippen LogP contribution in [-0.4, -0.2) is 74.6 Å². The molecule has 2 unspecified atom stereocenters. The van der Waals surface area contributed by atoms with Crippen molar-refractivity contribution in [1.29, 1.82) is 0 Å². The third-order valence-corrected chi connectivity index (χ3v) is 5.06. The molecule has 0 spiro atoms. The molecular formula is C19H26FN3O3. The van der Waals surface area contributed by atoms with E-state index in [1.165, 1.54) is 12.1 Å². The van der Waals surface area contributed by atoms with E-state index in [9.17, 15) is 14.0 Å². The van der Waals surface area contributed by atoms with E-state index in [-0.39, 0.29) is 29.5 Å². The van der Waals surface area contributed by atoms with E-state index < -0.39 is 0 Å². The second-order valence-corrected chi connectivity index (χ2v) is 6.95. The van der Waals surface area contributed by atoms with Crippen molar-refractivity contribution in [3.63, 3.8) is 0 Å². The first-order chi connectivity index (χ1) is 12.6. The standard InChI is InChI=1S/C19H26FN3O3/c1-26-10-5-21-18(24)13-22-6-8-23(9-7-22)19(25)17-12-16(17)14-3-2-4-15(20)11-14/h2-4,11,16-17H,5-10,12-13H2,1H3,(H,21,24).